The minimum Gasteiger partial charge on any atom is -0.454 e. The Labute approximate surface area is 167 Å². The molecule has 29 heavy (non-hydrogen) atoms. The van der Waals surface area contributed by atoms with Crippen LogP contribution in [0.4, 0.5) is 19.3 Å². The summed E-state index contributed by atoms with van der Waals surface area (Å²) < 4.78 is 37.1. The van der Waals surface area contributed by atoms with Crippen LogP contribution in [0.5, 0.6) is 11.5 Å². The molecule has 3 amide bonds. The molecule has 2 aliphatic heterocycles. The van der Waals surface area contributed by atoms with Gasteiger partial charge in [0.05, 0.1) is 10.6 Å². The molecule has 2 aliphatic rings. The summed E-state index contributed by atoms with van der Waals surface area (Å²) in [5.74, 6) is -2.08. The molecular weight excluding hydrogens is 406 g/mol. The van der Waals surface area contributed by atoms with Crippen LogP contribution < -0.4 is 14.8 Å². The summed E-state index contributed by atoms with van der Waals surface area (Å²) in [4.78, 5) is 37.7. The van der Waals surface area contributed by atoms with E-state index in [9.17, 15) is 23.2 Å². The van der Waals surface area contributed by atoms with Gasteiger partial charge < -0.3 is 14.8 Å². The van der Waals surface area contributed by atoms with Crippen LogP contribution in [-0.2, 0) is 9.59 Å². The lowest BCUT2D eigenvalue weighted by molar-refractivity contribution is -0.127. The Bertz CT molecular complexity index is 1070. The van der Waals surface area contributed by atoms with Crippen molar-refractivity contribution in [1.82, 2.24) is 4.90 Å². The van der Waals surface area contributed by atoms with E-state index in [0.717, 1.165) is 17.0 Å². The van der Waals surface area contributed by atoms with E-state index in [0.29, 0.717) is 34.9 Å². The fraction of sp³-hybridized carbons (Fsp3) is 0.105. The molecular formula is C19H12F2N2O5S. The number of fused-ring (bicyclic) bond motifs is 1. The largest absolute Gasteiger partial charge is 0.454 e. The van der Waals surface area contributed by atoms with Gasteiger partial charge in [0.1, 0.15) is 18.2 Å². The maximum absolute atomic E-state index is 13.6. The van der Waals surface area contributed by atoms with E-state index in [4.69, 9.17) is 9.47 Å². The molecule has 10 heteroatoms. The quantitative estimate of drug-likeness (QED) is 0.767. The topological polar surface area (TPSA) is 84.9 Å². The van der Waals surface area contributed by atoms with Gasteiger partial charge in [-0.1, -0.05) is 6.07 Å². The Morgan fingerprint density at radius 2 is 1.93 bits per heavy atom. The number of nitrogens with zero attached hydrogens (tertiary/aromatic N) is 1. The first-order valence-electron chi connectivity index (χ1n) is 8.30. The summed E-state index contributed by atoms with van der Waals surface area (Å²) in [6, 6.07) is 7.70. The van der Waals surface area contributed by atoms with E-state index < -0.39 is 35.2 Å². The first-order valence-corrected chi connectivity index (χ1v) is 9.12. The third-order valence-electron chi connectivity index (χ3n) is 4.07. The van der Waals surface area contributed by atoms with Crippen LogP contribution in [0.25, 0.3) is 6.08 Å². The maximum atomic E-state index is 13.6. The zero-order chi connectivity index (χ0) is 20.5. The van der Waals surface area contributed by atoms with Gasteiger partial charge in [-0.15, -0.1) is 0 Å². The summed E-state index contributed by atoms with van der Waals surface area (Å²) in [5.41, 5.74) is 0.372. The van der Waals surface area contributed by atoms with Crippen LogP contribution in [0.2, 0.25) is 0 Å². The number of carbonyl (C=O) groups excluding carboxylic acids is 3. The van der Waals surface area contributed by atoms with Crippen LogP contribution in [-0.4, -0.2) is 35.3 Å². The first-order chi connectivity index (χ1) is 13.9. The summed E-state index contributed by atoms with van der Waals surface area (Å²) in [7, 11) is 0. The van der Waals surface area contributed by atoms with Crippen molar-refractivity contribution in [1.29, 1.82) is 0 Å². The lowest BCUT2D eigenvalue weighted by atomic mass is 10.2. The van der Waals surface area contributed by atoms with Crippen molar-refractivity contribution in [3.63, 3.8) is 0 Å². The van der Waals surface area contributed by atoms with Crippen LogP contribution in [0, 0.1) is 11.6 Å². The van der Waals surface area contributed by atoms with Gasteiger partial charge in [0.25, 0.3) is 11.1 Å². The van der Waals surface area contributed by atoms with Crippen LogP contribution in [0.1, 0.15) is 5.56 Å². The molecule has 0 bridgehead atoms. The van der Waals surface area contributed by atoms with Crippen molar-refractivity contribution in [2.75, 3.05) is 18.7 Å². The SMILES string of the molecule is O=C(CN1C(=O)S/C(=C/c2ccc3c(c2)OCO3)C1=O)Nc1ccc(F)cc1F. The molecule has 0 unspecified atom stereocenters. The minimum absolute atomic E-state index is 0.110. The molecule has 0 radical (unpaired) electrons. The van der Waals surface area contributed by atoms with Gasteiger partial charge in [-0.3, -0.25) is 19.3 Å². The number of benzene rings is 2. The van der Waals surface area contributed by atoms with E-state index in [1.807, 2.05) is 0 Å². The van der Waals surface area contributed by atoms with Gasteiger partial charge in [-0.05, 0) is 47.7 Å². The maximum Gasteiger partial charge on any atom is 0.294 e. The molecule has 1 saturated heterocycles. The van der Waals surface area contributed by atoms with Crippen LogP contribution in [0.3, 0.4) is 0 Å². The second-order valence-electron chi connectivity index (χ2n) is 6.05. The molecule has 0 spiro atoms. The average molecular weight is 418 g/mol. The highest BCUT2D eigenvalue weighted by Crippen LogP contribution is 2.36. The standard InChI is InChI=1S/C19H12F2N2O5S/c20-11-2-3-13(12(21)7-11)22-17(24)8-23-18(25)16(29-19(23)26)6-10-1-4-14-15(5-10)28-9-27-14/h1-7H,8-9H2,(H,22,24)/b16-6+. The number of halogens is 2. The van der Waals surface area contributed by atoms with E-state index in [1.165, 1.54) is 6.08 Å². The van der Waals surface area contributed by atoms with Gasteiger partial charge in [-0.2, -0.15) is 0 Å². The number of rotatable bonds is 4. The number of imide groups is 1. The summed E-state index contributed by atoms with van der Waals surface area (Å²) in [6.45, 7) is -0.487. The molecule has 2 aromatic rings. The molecule has 2 aromatic carbocycles. The van der Waals surface area contributed by atoms with Gasteiger partial charge in [0.15, 0.2) is 11.5 Å². The van der Waals surface area contributed by atoms with Gasteiger partial charge in [-0.25, -0.2) is 8.78 Å². The van der Waals surface area contributed by atoms with Crippen LogP contribution >= 0.6 is 11.8 Å². The smallest absolute Gasteiger partial charge is 0.294 e. The third kappa shape index (κ3) is 3.92. The van der Waals surface area contributed by atoms with Crippen molar-refractivity contribution in [2.24, 2.45) is 0 Å². The molecule has 148 valence electrons. The van der Waals surface area contributed by atoms with Crippen molar-refractivity contribution >= 4 is 40.6 Å². The summed E-state index contributed by atoms with van der Waals surface area (Å²) in [6.07, 6.45) is 1.50. The number of hydrogen-bond donors (Lipinski definition) is 1. The van der Waals surface area contributed by atoms with Gasteiger partial charge in [0, 0.05) is 6.07 Å². The third-order valence-corrected chi connectivity index (χ3v) is 4.98. The Hall–Kier alpha value is -3.40. The van der Waals surface area contributed by atoms with E-state index >= 15 is 0 Å². The normalized spacial score (nSPS) is 16.6. The molecule has 7 nitrogen and oxygen atoms in total. The molecule has 0 aliphatic carbocycles. The number of thioether (sulfide) groups is 1. The van der Waals surface area contributed by atoms with Crippen molar-refractivity contribution < 1.29 is 32.6 Å². The molecule has 2 heterocycles. The number of amides is 3. The van der Waals surface area contributed by atoms with Gasteiger partial charge in [0.2, 0.25) is 12.7 Å². The number of ether oxygens (including phenoxy) is 2. The van der Waals surface area contributed by atoms with Crippen LogP contribution in [0.15, 0.2) is 41.3 Å². The predicted octanol–water partition coefficient (Wildman–Crippen LogP) is 3.37. The molecule has 0 atom stereocenters. The molecule has 0 saturated carbocycles. The highest BCUT2D eigenvalue weighted by atomic mass is 32.2. The monoisotopic (exact) mass is 418 g/mol. The molecule has 0 aromatic heterocycles. The van der Waals surface area contributed by atoms with Gasteiger partial charge >= 0.3 is 0 Å². The van der Waals surface area contributed by atoms with Crippen molar-refractivity contribution in [3.05, 3.63) is 58.5 Å². The molecule has 1 N–H and O–H groups in total. The second-order valence-corrected chi connectivity index (χ2v) is 7.05. The Morgan fingerprint density at radius 3 is 2.72 bits per heavy atom. The fourth-order valence-electron chi connectivity index (χ4n) is 2.71. The minimum atomic E-state index is -0.963. The summed E-state index contributed by atoms with van der Waals surface area (Å²) >= 11 is 0.686. The zero-order valence-corrected chi connectivity index (χ0v) is 15.4. The Kier molecular flexibility index (Phi) is 4.93. The van der Waals surface area contributed by atoms with Crippen molar-refractivity contribution in [2.45, 2.75) is 0 Å². The number of carbonyl (C=O) groups is 3. The fourth-order valence-corrected chi connectivity index (χ4v) is 3.55. The average Bonchev–Trinajstić information content (AvgIpc) is 3.24. The highest BCUT2D eigenvalue weighted by molar-refractivity contribution is 8.18. The second kappa shape index (κ2) is 7.55. The zero-order valence-electron chi connectivity index (χ0n) is 14.6. The predicted molar refractivity (Wildman–Crippen MR) is 100 cm³/mol. The molecule has 4 rings (SSSR count). The Morgan fingerprint density at radius 1 is 1.14 bits per heavy atom. The number of hydrogen-bond acceptors (Lipinski definition) is 6. The van der Waals surface area contributed by atoms with E-state index in [-0.39, 0.29) is 17.4 Å². The Balaban J connectivity index is 1.46. The first kappa shape index (κ1) is 18.9. The van der Waals surface area contributed by atoms with Crippen molar-refractivity contribution in [3.8, 4) is 11.5 Å². The van der Waals surface area contributed by atoms with E-state index in [2.05, 4.69) is 5.32 Å². The number of anilines is 1. The summed E-state index contributed by atoms with van der Waals surface area (Å²) in [5, 5.41) is 1.58. The molecule has 1 fully saturated rings. The highest BCUT2D eigenvalue weighted by Gasteiger charge is 2.36. The lowest BCUT2D eigenvalue weighted by Gasteiger charge is -2.12. The lowest BCUT2D eigenvalue weighted by Crippen LogP contribution is -2.36. The number of nitrogens with one attached hydrogen (secondary N) is 1. The van der Waals surface area contributed by atoms with E-state index in [1.54, 1.807) is 18.2 Å².